The molecule has 0 aliphatic rings. The highest BCUT2D eigenvalue weighted by atomic mass is 32.3. The molecule has 0 fully saturated rings. The van der Waals surface area contributed by atoms with Crippen molar-refractivity contribution in [1.29, 1.82) is 0 Å². The molecule has 0 radical (unpaired) electrons. The second-order valence-corrected chi connectivity index (χ2v) is 4.06. The van der Waals surface area contributed by atoms with Crippen molar-refractivity contribution in [2.45, 2.75) is 18.4 Å². The molecule has 7 heteroatoms. The molecule has 0 aliphatic carbocycles. The minimum absolute atomic E-state index is 0.00986. The van der Waals surface area contributed by atoms with Crippen LogP contribution in [0, 0.1) is 6.92 Å². The summed E-state index contributed by atoms with van der Waals surface area (Å²) in [4.78, 5) is -0.552. The number of halogens is 3. The van der Waals surface area contributed by atoms with Gasteiger partial charge >= 0.3 is 16.8 Å². The molecule has 1 rings (SSSR count). The zero-order valence-electron chi connectivity index (χ0n) is 7.58. The maximum atomic E-state index is 12.6. The Hall–Kier alpha value is -1.24. The lowest BCUT2D eigenvalue weighted by atomic mass is 10.2. The highest BCUT2D eigenvalue weighted by molar-refractivity contribution is 7.86. The van der Waals surface area contributed by atoms with E-state index in [1.54, 1.807) is 0 Å². The zero-order chi connectivity index (χ0) is 11.6. The molecule has 1 aromatic rings. The average Bonchev–Trinajstić information content (AvgIpc) is 1.99. The van der Waals surface area contributed by atoms with E-state index >= 15 is 0 Å². The van der Waals surface area contributed by atoms with Gasteiger partial charge in [0.2, 0.25) is 0 Å². The molecule has 84 valence electrons. The number of hydrogen-bond donors (Lipinski definition) is 0. The summed E-state index contributed by atoms with van der Waals surface area (Å²) in [6, 6.07) is 2.87. The Bertz CT molecular complexity index is 456. The fourth-order valence-electron chi connectivity index (χ4n) is 1.07. The SMILES string of the molecule is Cc1cc(OC(F)F)ccc1S(=O)(=O)F. The topological polar surface area (TPSA) is 43.4 Å². The fourth-order valence-corrected chi connectivity index (χ4v) is 1.75. The number of aryl methyl sites for hydroxylation is 1. The number of hydrogen-bond acceptors (Lipinski definition) is 3. The van der Waals surface area contributed by atoms with Gasteiger partial charge in [-0.15, -0.1) is 3.89 Å². The standard InChI is InChI=1S/C8H7F3O3S/c1-5-4-6(14-8(9)10)2-3-7(5)15(11,12)13/h2-4,8H,1H3. The molecule has 0 aliphatic heterocycles. The van der Waals surface area contributed by atoms with Gasteiger partial charge < -0.3 is 4.74 Å². The van der Waals surface area contributed by atoms with Crippen LogP contribution in [0.3, 0.4) is 0 Å². The lowest BCUT2D eigenvalue weighted by Crippen LogP contribution is -2.03. The summed E-state index contributed by atoms with van der Waals surface area (Å²) in [5, 5.41) is 0. The summed E-state index contributed by atoms with van der Waals surface area (Å²) in [7, 11) is -4.82. The van der Waals surface area contributed by atoms with E-state index in [2.05, 4.69) is 4.74 Å². The zero-order valence-corrected chi connectivity index (χ0v) is 8.39. The summed E-state index contributed by atoms with van der Waals surface area (Å²) in [6.07, 6.45) is 0. The van der Waals surface area contributed by atoms with Crippen molar-refractivity contribution >= 4 is 10.2 Å². The van der Waals surface area contributed by atoms with Crippen molar-refractivity contribution in [3.05, 3.63) is 23.8 Å². The molecule has 1 aromatic carbocycles. The molecule has 0 atom stereocenters. The Morgan fingerprint density at radius 3 is 2.33 bits per heavy atom. The van der Waals surface area contributed by atoms with Gasteiger partial charge in [-0.05, 0) is 30.7 Å². The largest absolute Gasteiger partial charge is 0.435 e. The summed E-state index contributed by atoms with van der Waals surface area (Å²) < 4.78 is 61.2. The van der Waals surface area contributed by atoms with Crippen molar-refractivity contribution in [3.63, 3.8) is 0 Å². The Kier molecular flexibility index (Phi) is 3.23. The van der Waals surface area contributed by atoms with Gasteiger partial charge in [0.25, 0.3) is 0 Å². The van der Waals surface area contributed by atoms with Crippen LogP contribution >= 0.6 is 0 Å². The Labute approximate surface area is 84.7 Å². The van der Waals surface area contributed by atoms with Gasteiger partial charge in [-0.1, -0.05) is 0 Å². The first-order valence-corrected chi connectivity index (χ1v) is 5.19. The van der Waals surface area contributed by atoms with E-state index in [-0.39, 0.29) is 11.3 Å². The van der Waals surface area contributed by atoms with E-state index in [0.717, 1.165) is 18.2 Å². The number of benzene rings is 1. The van der Waals surface area contributed by atoms with Crippen LogP contribution in [0.15, 0.2) is 23.1 Å². The van der Waals surface area contributed by atoms with Crippen LogP contribution in [0.25, 0.3) is 0 Å². The maximum Gasteiger partial charge on any atom is 0.387 e. The summed E-state index contributed by atoms with van der Waals surface area (Å²) in [6.45, 7) is -1.72. The number of alkyl halides is 2. The van der Waals surface area contributed by atoms with Crippen molar-refractivity contribution in [2.24, 2.45) is 0 Å². The Morgan fingerprint density at radius 1 is 1.33 bits per heavy atom. The van der Waals surface area contributed by atoms with Crippen LogP contribution in [0.4, 0.5) is 12.7 Å². The third-order valence-electron chi connectivity index (χ3n) is 1.63. The highest BCUT2D eigenvalue weighted by Crippen LogP contribution is 2.23. The molecule has 0 N–H and O–H groups in total. The first-order chi connectivity index (χ1) is 6.80. The van der Waals surface area contributed by atoms with Crippen molar-refractivity contribution in [3.8, 4) is 5.75 Å². The van der Waals surface area contributed by atoms with Gasteiger partial charge in [-0.25, -0.2) is 0 Å². The van der Waals surface area contributed by atoms with Crippen LogP contribution in [0.1, 0.15) is 5.56 Å². The maximum absolute atomic E-state index is 12.6. The minimum Gasteiger partial charge on any atom is -0.435 e. The van der Waals surface area contributed by atoms with Crippen LogP contribution < -0.4 is 4.74 Å². The third-order valence-corrected chi connectivity index (χ3v) is 2.62. The van der Waals surface area contributed by atoms with E-state index in [1.807, 2.05) is 0 Å². The molecule has 0 unspecified atom stereocenters. The molecule has 3 nitrogen and oxygen atoms in total. The van der Waals surface area contributed by atoms with Gasteiger partial charge in [0.1, 0.15) is 10.6 Å². The van der Waals surface area contributed by atoms with E-state index in [1.165, 1.54) is 6.92 Å². The molecule has 15 heavy (non-hydrogen) atoms. The Balaban J connectivity index is 3.09. The van der Waals surface area contributed by atoms with Crippen LogP contribution in [0.2, 0.25) is 0 Å². The fraction of sp³-hybridized carbons (Fsp3) is 0.250. The molecular formula is C8H7F3O3S. The monoisotopic (exact) mass is 240 g/mol. The van der Waals surface area contributed by atoms with E-state index < -0.39 is 21.7 Å². The van der Waals surface area contributed by atoms with Gasteiger partial charge in [0.15, 0.2) is 0 Å². The van der Waals surface area contributed by atoms with Crippen LogP contribution in [-0.2, 0) is 10.2 Å². The van der Waals surface area contributed by atoms with Crippen LogP contribution in [0.5, 0.6) is 5.75 Å². The number of rotatable bonds is 3. The molecular weight excluding hydrogens is 233 g/mol. The summed E-state index contributed by atoms with van der Waals surface area (Å²) >= 11 is 0. The quantitative estimate of drug-likeness (QED) is 0.761. The van der Waals surface area contributed by atoms with Gasteiger partial charge in [0.05, 0.1) is 0 Å². The molecule has 0 bridgehead atoms. The predicted molar refractivity (Wildman–Crippen MR) is 46.1 cm³/mol. The van der Waals surface area contributed by atoms with E-state index in [9.17, 15) is 21.1 Å². The first-order valence-electron chi connectivity index (χ1n) is 3.81. The van der Waals surface area contributed by atoms with Gasteiger partial charge in [-0.2, -0.15) is 17.2 Å². The van der Waals surface area contributed by atoms with E-state index in [0.29, 0.717) is 0 Å². The minimum atomic E-state index is -4.82. The molecule has 0 amide bonds. The Morgan fingerprint density at radius 2 is 1.93 bits per heavy atom. The van der Waals surface area contributed by atoms with Crippen molar-refractivity contribution < 1.29 is 25.8 Å². The smallest absolute Gasteiger partial charge is 0.387 e. The van der Waals surface area contributed by atoms with Crippen LogP contribution in [-0.4, -0.2) is 15.0 Å². The number of ether oxygens (including phenoxy) is 1. The molecule has 0 saturated heterocycles. The predicted octanol–water partition coefficient (Wildman–Crippen LogP) is 2.25. The second-order valence-electron chi connectivity index (χ2n) is 2.74. The third kappa shape index (κ3) is 3.12. The highest BCUT2D eigenvalue weighted by Gasteiger charge is 2.16. The van der Waals surface area contributed by atoms with Gasteiger partial charge in [0, 0.05) is 0 Å². The lowest BCUT2D eigenvalue weighted by molar-refractivity contribution is -0.0498. The first kappa shape index (κ1) is 11.8. The van der Waals surface area contributed by atoms with E-state index in [4.69, 9.17) is 0 Å². The lowest BCUT2D eigenvalue weighted by Gasteiger charge is -2.06. The van der Waals surface area contributed by atoms with Crippen molar-refractivity contribution in [1.82, 2.24) is 0 Å². The normalized spacial score (nSPS) is 11.8. The summed E-state index contributed by atoms with van der Waals surface area (Å²) in [5.41, 5.74) is 0.00986. The molecule has 0 spiro atoms. The summed E-state index contributed by atoms with van der Waals surface area (Å²) in [5.74, 6) is -0.213. The average molecular weight is 240 g/mol. The van der Waals surface area contributed by atoms with Crippen molar-refractivity contribution in [2.75, 3.05) is 0 Å². The van der Waals surface area contributed by atoms with Gasteiger partial charge in [-0.3, -0.25) is 0 Å². The molecule has 0 aromatic heterocycles. The molecule has 0 saturated carbocycles. The second kappa shape index (κ2) is 4.09. The molecule has 0 heterocycles.